The number of rotatable bonds is 3. The van der Waals surface area contributed by atoms with E-state index in [4.69, 9.17) is 4.74 Å². The van der Waals surface area contributed by atoms with Crippen LogP contribution in [0.3, 0.4) is 0 Å². The van der Waals surface area contributed by atoms with Gasteiger partial charge in [-0.15, -0.1) is 12.4 Å². The molecular formula is C13H17ClF4N2O. The van der Waals surface area contributed by atoms with E-state index in [2.05, 4.69) is 5.32 Å². The highest BCUT2D eigenvalue weighted by Gasteiger charge is 2.46. The molecule has 2 rings (SSSR count). The first kappa shape index (κ1) is 18.0. The zero-order valence-electron chi connectivity index (χ0n) is 11.4. The molecule has 0 saturated carbocycles. The van der Waals surface area contributed by atoms with Gasteiger partial charge in [0.1, 0.15) is 17.6 Å². The molecule has 0 bridgehead atoms. The van der Waals surface area contributed by atoms with Crippen molar-refractivity contribution in [1.29, 1.82) is 0 Å². The van der Waals surface area contributed by atoms with Crippen molar-refractivity contribution in [1.82, 2.24) is 10.2 Å². The molecule has 1 aromatic carbocycles. The van der Waals surface area contributed by atoms with Crippen molar-refractivity contribution in [2.75, 3.05) is 33.3 Å². The molecule has 3 nitrogen and oxygen atoms in total. The van der Waals surface area contributed by atoms with Crippen LogP contribution in [0.15, 0.2) is 18.2 Å². The SMILES string of the molecule is COc1cc(F)ccc1[C@H](N1CCNCC1)C(F)(F)F.Cl. The number of halogens is 5. The fourth-order valence-electron chi connectivity index (χ4n) is 2.43. The first-order chi connectivity index (χ1) is 9.43. The summed E-state index contributed by atoms with van der Waals surface area (Å²) < 4.78 is 58.2. The minimum Gasteiger partial charge on any atom is -0.496 e. The maximum absolute atomic E-state index is 13.4. The summed E-state index contributed by atoms with van der Waals surface area (Å²) in [6.07, 6.45) is -4.44. The van der Waals surface area contributed by atoms with E-state index in [1.165, 1.54) is 12.0 Å². The molecule has 0 aromatic heterocycles. The van der Waals surface area contributed by atoms with Crippen molar-refractivity contribution in [3.05, 3.63) is 29.6 Å². The van der Waals surface area contributed by atoms with Crippen LogP contribution in [-0.4, -0.2) is 44.4 Å². The van der Waals surface area contributed by atoms with Gasteiger partial charge in [0.2, 0.25) is 0 Å². The number of benzene rings is 1. The summed E-state index contributed by atoms with van der Waals surface area (Å²) >= 11 is 0. The van der Waals surface area contributed by atoms with E-state index in [1.807, 2.05) is 0 Å². The van der Waals surface area contributed by atoms with Crippen LogP contribution >= 0.6 is 12.4 Å². The quantitative estimate of drug-likeness (QED) is 0.864. The van der Waals surface area contributed by atoms with Crippen molar-refractivity contribution >= 4 is 12.4 Å². The number of alkyl halides is 3. The smallest absolute Gasteiger partial charge is 0.408 e. The molecular weight excluding hydrogens is 312 g/mol. The highest BCUT2D eigenvalue weighted by Crippen LogP contribution is 2.41. The molecule has 0 amide bonds. The van der Waals surface area contributed by atoms with Crippen LogP contribution < -0.4 is 10.1 Å². The van der Waals surface area contributed by atoms with Gasteiger partial charge in [-0.3, -0.25) is 4.90 Å². The van der Waals surface area contributed by atoms with Gasteiger partial charge in [-0.2, -0.15) is 13.2 Å². The standard InChI is InChI=1S/C13H16F4N2O.ClH/c1-20-11-8-9(14)2-3-10(11)12(13(15,16)17)19-6-4-18-5-7-19;/h2-3,8,12,18H,4-7H2,1H3;1H/t12-;/m0./s1. The van der Waals surface area contributed by atoms with Gasteiger partial charge in [-0.25, -0.2) is 4.39 Å². The monoisotopic (exact) mass is 328 g/mol. The lowest BCUT2D eigenvalue weighted by atomic mass is 10.0. The first-order valence-corrected chi connectivity index (χ1v) is 6.28. The van der Waals surface area contributed by atoms with Crippen LogP contribution in [0.2, 0.25) is 0 Å². The summed E-state index contributed by atoms with van der Waals surface area (Å²) in [5.74, 6) is -0.697. The Bertz CT molecular complexity index is 464. The Labute approximate surface area is 126 Å². The highest BCUT2D eigenvalue weighted by atomic mass is 35.5. The fourth-order valence-corrected chi connectivity index (χ4v) is 2.43. The molecule has 1 atom stereocenters. The van der Waals surface area contributed by atoms with Crippen molar-refractivity contribution in [3.63, 3.8) is 0 Å². The Morgan fingerprint density at radius 3 is 2.38 bits per heavy atom. The van der Waals surface area contributed by atoms with E-state index in [0.717, 1.165) is 18.2 Å². The van der Waals surface area contributed by atoms with Gasteiger partial charge in [-0.05, 0) is 6.07 Å². The Morgan fingerprint density at radius 1 is 1.24 bits per heavy atom. The number of methoxy groups -OCH3 is 1. The average molecular weight is 329 g/mol. The Morgan fingerprint density at radius 2 is 1.86 bits per heavy atom. The van der Waals surface area contributed by atoms with Crippen LogP contribution in [0.25, 0.3) is 0 Å². The van der Waals surface area contributed by atoms with Crippen LogP contribution in [0.1, 0.15) is 11.6 Å². The van der Waals surface area contributed by atoms with Crippen LogP contribution in [0.5, 0.6) is 5.75 Å². The highest BCUT2D eigenvalue weighted by molar-refractivity contribution is 5.85. The molecule has 0 radical (unpaired) electrons. The fraction of sp³-hybridized carbons (Fsp3) is 0.538. The third kappa shape index (κ3) is 4.21. The molecule has 1 aliphatic rings. The van der Waals surface area contributed by atoms with E-state index in [-0.39, 0.29) is 36.8 Å². The average Bonchev–Trinajstić information content (AvgIpc) is 2.40. The minimum atomic E-state index is -4.44. The lowest BCUT2D eigenvalue weighted by Crippen LogP contribution is -2.49. The van der Waals surface area contributed by atoms with Crippen molar-refractivity contribution < 1.29 is 22.3 Å². The van der Waals surface area contributed by atoms with Gasteiger partial charge in [-0.1, -0.05) is 6.07 Å². The summed E-state index contributed by atoms with van der Waals surface area (Å²) in [6, 6.07) is 1.38. The molecule has 0 spiro atoms. The number of nitrogens with one attached hydrogen (secondary N) is 1. The van der Waals surface area contributed by atoms with Crippen molar-refractivity contribution in [2.45, 2.75) is 12.2 Å². The molecule has 0 aliphatic carbocycles. The van der Waals surface area contributed by atoms with E-state index in [0.29, 0.717) is 13.1 Å². The second-order valence-corrected chi connectivity index (χ2v) is 4.62. The molecule has 1 saturated heterocycles. The Hall–Kier alpha value is -1.05. The number of hydrogen-bond acceptors (Lipinski definition) is 3. The lowest BCUT2D eigenvalue weighted by molar-refractivity contribution is -0.188. The van der Waals surface area contributed by atoms with Crippen LogP contribution in [0, 0.1) is 5.82 Å². The van der Waals surface area contributed by atoms with Gasteiger partial charge >= 0.3 is 6.18 Å². The molecule has 0 unspecified atom stereocenters. The molecule has 1 fully saturated rings. The molecule has 1 aliphatic heterocycles. The zero-order valence-corrected chi connectivity index (χ0v) is 12.2. The third-order valence-corrected chi connectivity index (χ3v) is 3.32. The minimum absolute atomic E-state index is 0. The molecule has 21 heavy (non-hydrogen) atoms. The normalized spacial score (nSPS) is 18.0. The van der Waals surface area contributed by atoms with E-state index >= 15 is 0 Å². The first-order valence-electron chi connectivity index (χ1n) is 6.28. The van der Waals surface area contributed by atoms with E-state index < -0.39 is 18.0 Å². The molecule has 120 valence electrons. The molecule has 8 heteroatoms. The van der Waals surface area contributed by atoms with Gasteiger partial charge in [0.25, 0.3) is 0 Å². The van der Waals surface area contributed by atoms with Gasteiger partial charge < -0.3 is 10.1 Å². The third-order valence-electron chi connectivity index (χ3n) is 3.32. The summed E-state index contributed by atoms with van der Waals surface area (Å²) in [7, 11) is 1.24. The number of piperazine rings is 1. The zero-order chi connectivity index (χ0) is 14.8. The van der Waals surface area contributed by atoms with Gasteiger partial charge in [0, 0.05) is 37.8 Å². The summed E-state index contributed by atoms with van der Waals surface area (Å²) in [5.41, 5.74) is -0.0525. The summed E-state index contributed by atoms with van der Waals surface area (Å²) in [5, 5.41) is 3.01. The van der Waals surface area contributed by atoms with Gasteiger partial charge in [0.15, 0.2) is 0 Å². The van der Waals surface area contributed by atoms with E-state index in [9.17, 15) is 17.6 Å². The second-order valence-electron chi connectivity index (χ2n) is 4.62. The van der Waals surface area contributed by atoms with Crippen molar-refractivity contribution in [3.8, 4) is 5.75 Å². The lowest BCUT2D eigenvalue weighted by Gasteiger charge is -2.36. The van der Waals surface area contributed by atoms with Crippen molar-refractivity contribution in [2.24, 2.45) is 0 Å². The Kier molecular flexibility index (Phi) is 6.24. The van der Waals surface area contributed by atoms with E-state index in [1.54, 1.807) is 0 Å². The maximum atomic E-state index is 13.4. The second kappa shape index (κ2) is 7.29. The van der Waals surface area contributed by atoms with Gasteiger partial charge in [0.05, 0.1) is 7.11 Å². The maximum Gasteiger partial charge on any atom is 0.408 e. The van der Waals surface area contributed by atoms with Crippen LogP contribution in [0.4, 0.5) is 17.6 Å². The largest absolute Gasteiger partial charge is 0.496 e. The Balaban J connectivity index is 0.00000220. The van der Waals surface area contributed by atoms with Crippen LogP contribution in [-0.2, 0) is 0 Å². The molecule has 1 heterocycles. The predicted octanol–water partition coefficient (Wildman–Crippen LogP) is 2.76. The predicted molar refractivity (Wildman–Crippen MR) is 73.4 cm³/mol. The number of ether oxygens (including phenoxy) is 1. The number of hydrogen-bond donors (Lipinski definition) is 1. The topological polar surface area (TPSA) is 24.5 Å². The molecule has 1 N–H and O–H groups in total. The summed E-state index contributed by atoms with van der Waals surface area (Å²) in [4.78, 5) is 1.34. The molecule has 1 aromatic rings. The number of nitrogens with zero attached hydrogens (tertiary/aromatic N) is 1. The summed E-state index contributed by atoms with van der Waals surface area (Å²) in [6.45, 7) is 1.56.